The Labute approximate surface area is 99.9 Å². The van der Waals surface area contributed by atoms with Gasteiger partial charge in [0.05, 0.1) is 0 Å². The molecule has 0 amide bonds. The van der Waals surface area contributed by atoms with E-state index in [9.17, 15) is 0 Å². The fraction of sp³-hybridized carbons (Fsp3) is 0.214. The molecule has 0 atom stereocenters. The van der Waals surface area contributed by atoms with Crippen LogP contribution >= 0.6 is 0 Å². The quantitative estimate of drug-likeness (QED) is 0.743. The van der Waals surface area contributed by atoms with Gasteiger partial charge in [0.1, 0.15) is 5.65 Å². The lowest BCUT2D eigenvalue weighted by molar-refractivity contribution is 0.803. The van der Waals surface area contributed by atoms with Crippen LogP contribution in [0.15, 0.2) is 42.7 Å². The van der Waals surface area contributed by atoms with Gasteiger partial charge < -0.3 is 10.1 Å². The normalized spacial score (nSPS) is 11.4. The Hall–Kier alpha value is -1.87. The molecule has 0 aliphatic rings. The Morgan fingerprint density at radius 3 is 2.94 bits per heavy atom. The van der Waals surface area contributed by atoms with E-state index < -0.39 is 0 Å². The molecule has 3 aromatic rings. The maximum atomic E-state index is 5.55. The van der Waals surface area contributed by atoms with Gasteiger partial charge in [-0.25, -0.2) is 4.98 Å². The average Bonchev–Trinajstić information content (AvgIpc) is 2.80. The number of hydrogen-bond acceptors (Lipinski definition) is 2. The van der Waals surface area contributed by atoms with Crippen molar-refractivity contribution in [2.75, 3.05) is 6.54 Å². The second-order valence-electron chi connectivity index (χ2n) is 4.24. The number of imidazole rings is 1. The van der Waals surface area contributed by atoms with Crippen LogP contribution in [0.3, 0.4) is 0 Å². The summed E-state index contributed by atoms with van der Waals surface area (Å²) >= 11 is 0. The van der Waals surface area contributed by atoms with Crippen molar-refractivity contribution in [2.24, 2.45) is 5.73 Å². The summed E-state index contributed by atoms with van der Waals surface area (Å²) in [7, 11) is 0. The topological polar surface area (TPSA) is 43.3 Å². The summed E-state index contributed by atoms with van der Waals surface area (Å²) in [4.78, 5) is 4.52. The minimum absolute atomic E-state index is 0.723. The van der Waals surface area contributed by atoms with Gasteiger partial charge in [-0.3, -0.25) is 0 Å². The van der Waals surface area contributed by atoms with Crippen LogP contribution in [0.4, 0.5) is 0 Å². The molecule has 0 saturated carbocycles. The van der Waals surface area contributed by atoms with Gasteiger partial charge in [-0.2, -0.15) is 0 Å². The number of fused-ring (bicyclic) bond motifs is 3. The summed E-state index contributed by atoms with van der Waals surface area (Å²) in [5.41, 5.74) is 7.82. The monoisotopic (exact) mass is 225 g/mol. The Bertz CT molecular complexity index is 655. The Morgan fingerprint density at radius 1 is 1.18 bits per heavy atom. The lowest BCUT2D eigenvalue weighted by Gasteiger charge is -2.03. The van der Waals surface area contributed by atoms with Crippen LogP contribution in [0.1, 0.15) is 12.1 Å². The Kier molecular flexibility index (Phi) is 2.53. The van der Waals surface area contributed by atoms with Crippen LogP contribution in [-0.2, 0) is 6.42 Å². The molecule has 0 aliphatic heterocycles. The molecule has 0 fully saturated rings. The molecule has 0 unspecified atom stereocenters. The third kappa shape index (κ3) is 1.68. The molecule has 3 rings (SSSR count). The lowest BCUT2D eigenvalue weighted by atomic mass is 10.2. The number of hydrogen-bond donors (Lipinski definition) is 1. The summed E-state index contributed by atoms with van der Waals surface area (Å²) in [6, 6.07) is 10.5. The van der Waals surface area contributed by atoms with E-state index in [1.165, 1.54) is 16.5 Å². The van der Waals surface area contributed by atoms with Crippen molar-refractivity contribution in [3.8, 4) is 0 Å². The molecule has 86 valence electrons. The average molecular weight is 225 g/mol. The third-order valence-corrected chi connectivity index (χ3v) is 3.12. The number of aryl methyl sites for hydroxylation is 1. The molecule has 2 N–H and O–H groups in total. The zero-order valence-corrected chi connectivity index (χ0v) is 9.63. The highest BCUT2D eigenvalue weighted by molar-refractivity contribution is 5.93. The standard InChI is InChI=1S/C14H15N3/c15-8-3-5-12-10-16-14-13-6-2-1-4-11(13)7-9-17(12)14/h1-2,4,6-7,9-10H,3,5,8,15H2. The minimum Gasteiger partial charge on any atom is -0.330 e. The number of benzene rings is 1. The molecule has 0 spiro atoms. The number of rotatable bonds is 3. The smallest absolute Gasteiger partial charge is 0.144 e. The van der Waals surface area contributed by atoms with Gasteiger partial charge in [0.15, 0.2) is 0 Å². The fourth-order valence-corrected chi connectivity index (χ4v) is 2.23. The zero-order valence-electron chi connectivity index (χ0n) is 9.63. The molecule has 0 radical (unpaired) electrons. The number of aromatic nitrogens is 2. The van der Waals surface area contributed by atoms with Gasteiger partial charge in [0, 0.05) is 23.5 Å². The molecule has 2 aromatic heterocycles. The Morgan fingerprint density at radius 2 is 2.06 bits per heavy atom. The van der Waals surface area contributed by atoms with Gasteiger partial charge in [-0.1, -0.05) is 24.3 Å². The third-order valence-electron chi connectivity index (χ3n) is 3.12. The second-order valence-corrected chi connectivity index (χ2v) is 4.24. The van der Waals surface area contributed by atoms with E-state index in [0.29, 0.717) is 0 Å². The largest absolute Gasteiger partial charge is 0.330 e. The highest BCUT2D eigenvalue weighted by Gasteiger charge is 2.05. The second kappa shape index (κ2) is 4.18. The van der Waals surface area contributed by atoms with E-state index >= 15 is 0 Å². The first-order valence-electron chi connectivity index (χ1n) is 5.94. The van der Waals surface area contributed by atoms with Crippen LogP contribution < -0.4 is 5.73 Å². The zero-order chi connectivity index (χ0) is 11.7. The van der Waals surface area contributed by atoms with Crippen LogP contribution in [0, 0.1) is 0 Å². The first-order valence-corrected chi connectivity index (χ1v) is 5.94. The van der Waals surface area contributed by atoms with Gasteiger partial charge >= 0.3 is 0 Å². The molecule has 0 bridgehead atoms. The predicted octanol–water partition coefficient (Wildman–Crippen LogP) is 2.38. The van der Waals surface area contributed by atoms with Gasteiger partial charge in [0.25, 0.3) is 0 Å². The summed E-state index contributed by atoms with van der Waals surface area (Å²) in [6.45, 7) is 0.723. The van der Waals surface area contributed by atoms with E-state index in [0.717, 1.165) is 25.0 Å². The number of nitrogens with zero attached hydrogens (tertiary/aromatic N) is 2. The summed E-state index contributed by atoms with van der Waals surface area (Å²) in [5.74, 6) is 0. The molecule has 0 aliphatic carbocycles. The number of pyridine rings is 1. The van der Waals surface area contributed by atoms with Gasteiger partial charge in [0.2, 0.25) is 0 Å². The maximum absolute atomic E-state index is 5.55. The van der Waals surface area contributed by atoms with Crippen molar-refractivity contribution in [2.45, 2.75) is 12.8 Å². The molecular formula is C14H15N3. The molecular weight excluding hydrogens is 210 g/mol. The van der Waals surface area contributed by atoms with Crippen molar-refractivity contribution < 1.29 is 0 Å². The maximum Gasteiger partial charge on any atom is 0.144 e. The first-order chi connectivity index (χ1) is 8.40. The molecule has 0 saturated heterocycles. The SMILES string of the molecule is NCCCc1cnc2c3ccccc3ccn12. The fourth-order valence-electron chi connectivity index (χ4n) is 2.23. The van der Waals surface area contributed by atoms with Crippen LogP contribution in [0.2, 0.25) is 0 Å². The molecule has 2 heterocycles. The van der Waals surface area contributed by atoms with Crippen molar-refractivity contribution >= 4 is 16.4 Å². The molecule has 3 heteroatoms. The van der Waals surface area contributed by atoms with Crippen LogP contribution in [0.25, 0.3) is 16.4 Å². The molecule has 1 aromatic carbocycles. The summed E-state index contributed by atoms with van der Waals surface area (Å²) in [5, 5.41) is 2.44. The van der Waals surface area contributed by atoms with Crippen LogP contribution in [0.5, 0.6) is 0 Å². The van der Waals surface area contributed by atoms with E-state index in [1.807, 2.05) is 6.20 Å². The highest BCUT2D eigenvalue weighted by atomic mass is 15.0. The number of nitrogens with two attached hydrogens (primary N) is 1. The minimum atomic E-state index is 0.723. The lowest BCUT2D eigenvalue weighted by Crippen LogP contribution is -2.02. The van der Waals surface area contributed by atoms with Gasteiger partial charge in [-0.05, 0) is 30.8 Å². The summed E-state index contributed by atoms with van der Waals surface area (Å²) < 4.78 is 2.16. The highest BCUT2D eigenvalue weighted by Crippen LogP contribution is 2.20. The molecule has 3 nitrogen and oxygen atoms in total. The van der Waals surface area contributed by atoms with E-state index in [2.05, 4.69) is 45.9 Å². The van der Waals surface area contributed by atoms with E-state index in [-0.39, 0.29) is 0 Å². The Balaban J connectivity index is 2.20. The van der Waals surface area contributed by atoms with Crippen molar-refractivity contribution in [3.05, 3.63) is 48.4 Å². The van der Waals surface area contributed by atoms with E-state index in [1.54, 1.807) is 0 Å². The van der Waals surface area contributed by atoms with E-state index in [4.69, 9.17) is 5.73 Å². The predicted molar refractivity (Wildman–Crippen MR) is 70.1 cm³/mol. The summed E-state index contributed by atoms with van der Waals surface area (Å²) in [6.07, 6.45) is 6.03. The van der Waals surface area contributed by atoms with Crippen molar-refractivity contribution in [3.63, 3.8) is 0 Å². The van der Waals surface area contributed by atoms with Crippen molar-refractivity contribution in [1.82, 2.24) is 9.38 Å². The first kappa shape index (κ1) is 10.3. The van der Waals surface area contributed by atoms with Gasteiger partial charge in [-0.15, -0.1) is 0 Å². The molecule has 17 heavy (non-hydrogen) atoms. The van der Waals surface area contributed by atoms with Crippen molar-refractivity contribution in [1.29, 1.82) is 0 Å². The van der Waals surface area contributed by atoms with Crippen LogP contribution in [-0.4, -0.2) is 15.9 Å².